The molecule has 0 spiro atoms. The van der Waals surface area contributed by atoms with Crippen LogP contribution >= 0.6 is 0 Å². The molecule has 46 heavy (non-hydrogen) atoms. The van der Waals surface area contributed by atoms with Gasteiger partial charge in [0.1, 0.15) is 0 Å². The maximum atomic E-state index is 11.9. The normalized spacial score (nSPS) is 40.0. The fraction of sp³-hybridized carbons (Fsp3) is 0.707. The lowest BCUT2D eigenvalue weighted by atomic mass is 9.43. The van der Waals surface area contributed by atoms with E-state index in [9.17, 15) is 15.3 Å². The zero-order valence-electron chi connectivity index (χ0n) is 28.8. The molecule has 0 radical (unpaired) electrons. The number of ether oxygens (including phenoxy) is 2. The number of rotatable bonds is 12. The first kappa shape index (κ1) is 34.1. The molecule has 3 N–H and O–H groups in total. The van der Waals surface area contributed by atoms with E-state index in [0.29, 0.717) is 42.8 Å². The molecule has 2 aromatic rings. The van der Waals surface area contributed by atoms with E-state index in [-0.39, 0.29) is 41.5 Å². The van der Waals surface area contributed by atoms with Crippen LogP contribution in [0.3, 0.4) is 0 Å². The second-order valence-electron chi connectivity index (χ2n) is 16.4. The molecule has 0 aliphatic heterocycles. The largest absolute Gasteiger partial charge is 0.396 e. The van der Waals surface area contributed by atoms with Crippen LogP contribution in [0.4, 0.5) is 0 Å². The highest BCUT2D eigenvalue weighted by Crippen LogP contribution is 2.69. The maximum Gasteiger partial charge on any atom is 0.0838 e. The van der Waals surface area contributed by atoms with E-state index in [1.54, 1.807) is 0 Å². The van der Waals surface area contributed by atoms with Gasteiger partial charge < -0.3 is 24.8 Å². The summed E-state index contributed by atoms with van der Waals surface area (Å²) in [5, 5.41) is 33.2. The summed E-state index contributed by atoms with van der Waals surface area (Å²) in [6.45, 7) is 10.8. The summed E-state index contributed by atoms with van der Waals surface area (Å²) in [5.41, 5.74) is 2.45. The molecular formula is C41H60O5. The summed E-state index contributed by atoms with van der Waals surface area (Å²) in [6.07, 6.45) is 8.42. The standard InChI is InChI=1S/C41H60O5/c1-27(24-42)12-11-13-28(2)36-38(43)39(44)37-32-23-35(46-26-30-16-9-6-10-17-30)34-22-31(45-25-29-14-7-5-8-15-29)18-20-40(34,3)33(32)19-21-41(36,37)4/h5-10,14-17,27-28,31-39,42-44H,11-13,18-26H2,1-4H3/t27-,28-,31+,32-,33+,34-,35-,36+,37-,38+,39-,40-,41-/m1/s1. The van der Waals surface area contributed by atoms with E-state index in [1.165, 1.54) is 11.1 Å². The molecule has 0 bridgehead atoms. The van der Waals surface area contributed by atoms with Gasteiger partial charge in [-0.2, -0.15) is 0 Å². The average Bonchev–Trinajstić information content (AvgIpc) is 3.27. The van der Waals surface area contributed by atoms with Crippen LogP contribution in [0.1, 0.15) is 96.6 Å². The first-order chi connectivity index (χ1) is 22.2. The molecule has 4 fully saturated rings. The van der Waals surface area contributed by atoms with Gasteiger partial charge in [-0.15, -0.1) is 0 Å². The van der Waals surface area contributed by atoms with Crippen molar-refractivity contribution >= 4 is 0 Å². The van der Waals surface area contributed by atoms with Crippen molar-refractivity contribution in [1.29, 1.82) is 0 Å². The van der Waals surface area contributed by atoms with Crippen molar-refractivity contribution in [2.24, 2.45) is 52.3 Å². The summed E-state index contributed by atoms with van der Waals surface area (Å²) in [4.78, 5) is 0. The minimum Gasteiger partial charge on any atom is -0.396 e. The first-order valence-corrected chi connectivity index (χ1v) is 18.4. The average molecular weight is 633 g/mol. The Morgan fingerprint density at radius 2 is 1.39 bits per heavy atom. The van der Waals surface area contributed by atoms with Gasteiger partial charge in [0.25, 0.3) is 0 Å². The van der Waals surface area contributed by atoms with Crippen LogP contribution in [-0.4, -0.2) is 46.3 Å². The molecule has 13 atom stereocenters. The molecule has 2 aromatic carbocycles. The van der Waals surface area contributed by atoms with E-state index in [4.69, 9.17) is 9.47 Å². The van der Waals surface area contributed by atoms with Gasteiger partial charge in [-0.1, -0.05) is 101 Å². The highest BCUT2D eigenvalue weighted by molar-refractivity contribution is 5.18. The van der Waals surface area contributed by atoms with Crippen LogP contribution in [0.15, 0.2) is 60.7 Å². The summed E-state index contributed by atoms with van der Waals surface area (Å²) in [5.74, 6) is 2.07. The molecule has 5 nitrogen and oxygen atoms in total. The molecule has 0 aromatic heterocycles. The molecule has 0 unspecified atom stereocenters. The van der Waals surface area contributed by atoms with Crippen molar-refractivity contribution < 1.29 is 24.8 Å². The summed E-state index contributed by atoms with van der Waals surface area (Å²) >= 11 is 0. The van der Waals surface area contributed by atoms with Crippen molar-refractivity contribution in [1.82, 2.24) is 0 Å². The van der Waals surface area contributed by atoms with Gasteiger partial charge in [0, 0.05) is 6.61 Å². The Bertz CT molecular complexity index is 1240. The highest BCUT2D eigenvalue weighted by atomic mass is 16.5. The van der Waals surface area contributed by atoms with Crippen LogP contribution in [0.5, 0.6) is 0 Å². The lowest BCUT2D eigenvalue weighted by Gasteiger charge is -2.63. The van der Waals surface area contributed by atoms with E-state index in [2.05, 4.69) is 88.4 Å². The maximum absolute atomic E-state index is 11.9. The van der Waals surface area contributed by atoms with Crippen molar-refractivity contribution in [3.05, 3.63) is 71.8 Å². The second-order valence-corrected chi connectivity index (χ2v) is 16.4. The third-order valence-corrected chi connectivity index (χ3v) is 13.7. The third kappa shape index (κ3) is 6.61. The second kappa shape index (κ2) is 14.4. The number of hydrogen-bond acceptors (Lipinski definition) is 5. The SMILES string of the molecule is C[C@@H](CO)CCC[C@@H](C)[C@H]1[C@H](O)[C@H](O)[C@H]2[C@@H]3C[C@@H](OCc4ccccc4)[C@H]4C[C@@H](OCc5ccccc5)CC[C@]4(C)[C@H]3CC[C@]12C. The van der Waals surface area contributed by atoms with Crippen molar-refractivity contribution in [2.45, 2.75) is 123 Å². The van der Waals surface area contributed by atoms with Crippen LogP contribution in [0.25, 0.3) is 0 Å². The van der Waals surface area contributed by atoms with Crippen LogP contribution in [0, 0.1) is 52.3 Å². The van der Waals surface area contributed by atoms with Crippen molar-refractivity contribution in [3.8, 4) is 0 Å². The summed E-state index contributed by atoms with van der Waals surface area (Å²) < 4.78 is 13.5. The van der Waals surface area contributed by atoms with Gasteiger partial charge in [-0.25, -0.2) is 0 Å². The number of hydrogen-bond donors (Lipinski definition) is 3. The van der Waals surface area contributed by atoms with Crippen molar-refractivity contribution in [3.63, 3.8) is 0 Å². The highest BCUT2D eigenvalue weighted by Gasteiger charge is 2.67. The number of aliphatic hydroxyl groups excluding tert-OH is 3. The molecule has 5 heteroatoms. The lowest BCUT2D eigenvalue weighted by Crippen LogP contribution is -2.60. The van der Waals surface area contributed by atoms with E-state index < -0.39 is 12.2 Å². The Labute approximate surface area is 278 Å². The molecule has 4 aliphatic carbocycles. The predicted molar refractivity (Wildman–Crippen MR) is 183 cm³/mol. The van der Waals surface area contributed by atoms with Gasteiger partial charge in [0.2, 0.25) is 0 Å². The number of benzene rings is 2. The Hall–Kier alpha value is -1.76. The van der Waals surface area contributed by atoms with Gasteiger partial charge in [0.15, 0.2) is 0 Å². The van der Waals surface area contributed by atoms with Gasteiger partial charge in [-0.3, -0.25) is 0 Å². The molecular weight excluding hydrogens is 572 g/mol. The van der Waals surface area contributed by atoms with E-state index in [1.807, 2.05) is 0 Å². The number of fused-ring (bicyclic) bond motifs is 5. The fourth-order valence-electron chi connectivity index (χ4n) is 11.3. The minimum atomic E-state index is -0.693. The van der Waals surface area contributed by atoms with Crippen LogP contribution < -0.4 is 0 Å². The van der Waals surface area contributed by atoms with E-state index >= 15 is 0 Å². The van der Waals surface area contributed by atoms with Gasteiger partial charge in [-0.05, 0) is 108 Å². The van der Waals surface area contributed by atoms with Crippen LogP contribution in [0.2, 0.25) is 0 Å². The lowest BCUT2D eigenvalue weighted by molar-refractivity contribution is -0.201. The topological polar surface area (TPSA) is 79.2 Å². The molecule has 4 saturated carbocycles. The fourth-order valence-corrected chi connectivity index (χ4v) is 11.3. The first-order valence-electron chi connectivity index (χ1n) is 18.4. The van der Waals surface area contributed by atoms with Crippen molar-refractivity contribution in [2.75, 3.05) is 6.61 Å². The van der Waals surface area contributed by atoms with Gasteiger partial charge in [0.05, 0.1) is 37.6 Å². The molecule has 0 heterocycles. The molecule has 0 amide bonds. The Morgan fingerprint density at radius 1 is 0.761 bits per heavy atom. The number of aliphatic hydroxyl groups is 3. The van der Waals surface area contributed by atoms with Gasteiger partial charge >= 0.3 is 0 Å². The quantitative estimate of drug-likeness (QED) is 0.223. The Morgan fingerprint density at radius 3 is 2.04 bits per heavy atom. The molecule has 254 valence electrons. The molecule has 4 aliphatic rings. The predicted octanol–water partition coefficient (Wildman–Crippen LogP) is 7.80. The molecule has 6 rings (SSSR count). The summed E-state index contributed by atoms with van der Waals surface area (Å²) in [7, 11) is 0. The minimum absolute atomic E-state index is 0.0812. The zero-order chi connectivity index (χ0) is 32.5. The van der Waals surface area contributed by atoms with Crippen LogP contribution in [-0.2, 0) is 22.7 Å². The summed E-state index contributed by atoms with van der Waals surface area (Å²) in [6, 6.07) is 21.0. The zero-order valence-corrected chi connectivity index (χ0v) is 28.8. The Kier molecular flexibility index (Phi) is 10.7. The van der Waals surface area contributed by atoms with E-state index in [0.717, 1.165) is 57.8 Å². The third-order valence-electron chi connectivity index (χ3n) is 13.7. The molecule has 0 saturated heterocycles. The Balaban J connectivity index is 1.23. The smallest absolute Gasteiger partial charge is 0.0838 e. The monoisotopic (exact) mass is 632 g/mol.